The molecular weight excluding hydrogens is 549 g/mol. The molecular formula is C38H22N2S2. The molecule has 0 saturated carbocycles. The van der Waals surface area contributed by atoms with Gasteiger partial charge in [-0.1, -0.05) is 91.0 Å². The third-order valence-corrected chi connectivity index (χ3v) is 10.4. The van der Waals surface area contributed by atoms with Crippen molar-refractivity contribution >= 4 is 74.3 Å². The summed E-state index contributed by atoms with van der Waals surface area (Å²) in [6.45, 7) is 0. The number of aromatic nitrogens is 2. The third-order valence-electron chi connectivity index (χ3n) is 8.09. The van der Waals surface area contributed by atoms with Gasteiger partial charge in [0.05, 0.1) is 11.0 Å². The number of nitrogens with zero attached hydrogens (tertiary/aromatic N) is 2. The summed E-state index contributed by atoms with van der Waals surface area (Å²) in [6.07, 6.45) is 0. The predicted octanol–water partition coefficient (Wildman–Crippen LogP) is 11.4. The van der Waals surface area contributed by atoms with Gasteiger partial charge in [-0.25, -0.2) is 9.97 Å². The molecule has 2 nitrogen and oxygen atoms in total. The molecule has 0 amide bonds. The van der Waals surface area contributed by atoms with Crippen LogP contribution in [0.25, 0.3) is 85.0 Å². The molecule has 4 heteroatoms. The molecule has 0 saturated heterocycles. The van der Waals surface area contributed by atoms with Crippen LogP contribution in [0.4, 0.5) is 0 Å². The Hall–Kier alpha value is -4.90. The Labute approximate surface area is 250 Å². The van der Waals surface area contributed by atoms with Gasteiger partial charge in [0.25, 0.3) is 0 Å². The topological polar surface area (TPSA) is 25.8 Å². The first-order valence-electron chi connectivity index (χ1n) is 14.0. The average Bonchev–Trinajstić information content (AvgIpc) is 3.61. The SMILES string of the molecule is c1cc(-c2cccc(-c3cccc4c3sc3ccccc34)c2)cc(-c2ccc3sc4nc5ccccc5nc4c3c2)c1. The number of para-hydroxylation sites is 2. The Bertz CT molecular complexity index is 2480. The highest BCUT2D eigenvalue weighted by Crippen LogP contribution is 2.41. The van der Waals surface area contributed by atoms with E-state index < -0.39 is 0 Å². The highest BCUT2D eigenvalue weighted by molar-refractivity contribution is 7.26. The van der Waals surface area contributed by atoms with Gasteiger partial charge >= 0.3 is 0 Å². The van der Waals surface area contributed by atoms with E-state index >= 15 is 0 Å². The van der Waals surface area contributed by atoms with Gasteiger partial charge in [-0.3, -0.25) is 0 Å². The van der Waals surface area contributed by atoms with Crippen molar-refractivity contribution in [1.29, 1.82) is 0 Å². The Morgan fingerprint density at radius 1 is 0.405 bits per heavy atom. The van der Waals surface area contributed by atoms with Crippen LogP contribution in [-0.2, 0) is 0 Å². The number of thiophene rings is 2. The van der Waals surface area contributed by atoms with Crippen LogP contribution < -0.4 is 0 Å². The van der Waals surface area contributed by atoms with E-state index in [0.29, 0.717) is 0 Å². The lowest BCUT2D eigenvalue weighted by Gasteiger charge is -2.09. The Morgan fingerprint density at radius 3 is 1.86 bits per heavy atom. The van der Waals surface area contributed by atoms with Crippen molar-refractivity contribution in [3.8, 4) is 33.4 Å². The zero-order valence-corrected chi connectivity index (χ0v) is 24.0. The molecule has 42 heavy (non-hydrogen) atoms. The first kappa shape index (κ1) is 23.8. The molecule has 0 fully saturated rings. The summed E-state index contributed by atoms with van der Waals surface area (Å²) < 4.78 is 3.89. The smallest absolute Gasteiger partial charge is 0.143 e. The van der Waals surface area contributed by atoms with Gasteiger partial charge in [-0.05, 0) is 75.8 Å². The summed E-state index contributed by atoms with van der Waals surface area (Å²) in [5.74, 6) is 0. The van der Waals surface area contributed by atoms with E-state index in [1.165, 1.54) is 58.3 Å². The normalized spacial score (nSPS) is 11.8. The minimum Gasteiger partial charge on any atom is -0.243 e. The van der Waals surface area contributed by atoms with Crippen molar-refractivity contribution in [1.82, 2.24) is 9.97 Å². The van der Waals surface area contributed by atoms with Crippen LogP contribution in [0.3, 0.4) is 0 Å². The number of hydrogen-bond donors (Lipinski definition) is 0. The molecule has 0 radical (unpaired) electrons. The fraction of sp³-hybridized carbons (Fsp3) is 0. The van der Waals surface area contributed by atoms with Crippen LogP contribution in [0.15, 0.2) is 133 Å². The van der Waals surface area contributed by atoms with E-state index in [0.717, 1.165) is 26.8 Å². The molecule has 3 aromatic heterocycles. The second kappa shape index (κ2) is 9.31. The van der Waals surface area contributed by atoms with Crippen molar-refractivity contribution in [3.63, 3.8) is 0 Å². The zero-order valence-electron chi connectivity index (χ0n) is 22.4. The van der Waals surface area contributed by atoms with Gasteiger partial charge < -0.3 is 0 Å². The molecule has 0 aliphatic carbocycles. The van der Waals surface area contributed by atoms with E-state index in [1.54, 1.807) is 11.3 Å². The molecule has 3 heterocycles. The van der Waals surface area contributed by atoms with Crippen LogP contribution in [0.5, 0.6) is 0 Å². The van der Waals surface area contributed by atoms with Gasteiger partial charge in [0.15, 0.2) is 0 Å². The largest absolute Gasteiger partial charge is 0.243 e. The summed E-state index contributed by atoms with van der Waals surface area (Å²) in [6, 6.07) is 48.0. The van der Waals surface area contributed by atoms with E-state index in [9.17, 15) is 0 Å². The summed E-state index contributed by atoms with van der Waals surface area (Å²) in [4.78, 5) is 10.9. The van der Waals surface area contributed by atoms with Crippen molar-refractivity contribution in [3.05, 3.63) is 133 Å². The average molecular weight is 571 g/mol. The standard InChI is InChI=1S/C38H22N2S2/c1-4-17-34-29(12-1)30-14-7-13-28(37(30)41-34)27-11-6-10-25(21-27)23-8-5-9-24(20-23)26-18-19-35-31(22-26)36-38(42-35)40-33-16-3-2-15-32(33)39-36/h1-22H. The summed E-state index contributed by atoms with van der Waals surface area (Å²) in [5.41, 5.74) is 10.2. The molecule has 9 rings (SSSR count). The first-order valence-corrected chi connectivity index (χ1v) is 15.6. The van der Waals surface area contributed by atoms with Gasteiger partial charge in [-0.2, -0.15) is 0 Å². The van der Waals surface area contributed by atoms with Crippen LogP contribution in [0, 0.1) is 0 Å². The molecule has 9 aromatic rings. The van der Waals surface area contributed by atoms with Gasteiger partial charge in [0.2, 0.25) is 0 Å². The molecule has 0 N–H and O–H groups in total. The Balaban J connectivity index is 1.14. The van der Waals surface area contributed by atoms with Crippen LogP contribution in [0.2, 0.25) is 0 Å². The highest BCUT2D eigenvalue weighted by Gasteiger charge is 2.13. The number of fused-ring (bicyclic) bond motifs is 7. The first-order chi connectivity index (χ1) is 20.8. The number of benzene rings is 6. The highest BCUT2D eigenvalue weighted by atomic mass is 32.1. The molecule has 196 valence electrons. The van der Waals surface area contributed by atoms with Gasteiger partial charge in [-0.15, -0.1) is 22.7 Å². The lowest BCUT2D eigenvalue weighted by Crippen LogP contribution is -1.85. The van der Waals surface area contributed by atoms with E-state index in [4.69, 9.17) is 9.97 Å². The van der Waals surface area contributed by atoms with Crippen LogP contribution in [-0.4, -0.2) is 9.97 Å². The van der Waals surface area contributed by atoms with Crippen molar-refractivity contribution < 1.29 is 0 Å². The Kier molecular flexibility index (Phi) is 5.27. The molecule has 0 aliphatic rings. The predicted molar refractivity (Wildman–Crippen MR) is 182 cm³/mol. The maximum atomic E-state index is 4.99. The second-order valence-electron chi connectivity index (χ2n) is 10.6. The fourth-order valence-corrected chi connectivity index (χ4v) is 8.28. The quantitative estimate of drug-likeness (QED) is 0.211. The summed E-state index contributed by atoms with van der Waals surface area (Å²) in [5, 5.41) is 3.82. The molecule has 0 aliphatic heterocycles. The fourth-order valence-electron chi connectivity index (χ4n) is 6.04. The van der Waals surface area contributed by atoms with Crippen molar-refractivity contribution in [2.45, 2.75) is 0 Å². The molecule has 0 bridgehead atoms. The third kappa shape index (κ3) is 3.77. The summed E-state index contributed by atoms with van der Waals surface area (Å²) >= 11 is 3.59. The second-order valence-corrected chi connectivity index (χ2v) is 12.7. The van der Waals surface area contributed by atoms with E-state index in [1.807, 2.05) is 35.6 Å². The minimum atomic E-state index is 0.934. The van der Waals surface area contributed by atoms with E-state index in [-0.39, 0.29) is 0 Å². The zero-order chi connectivity index (χ0) is 27.6. The number of hydrogen-bond acceptors (Lipinski definition) is 4. The number of rotatable bonds is 3. The minimum absolute atomic E-state index is 0.934. The van der Waals surface area contributed by atoms with Gasteiger partial charge in [0, 0.05) is 30.3 Å². The lowest BCUT2D eigenvalue weighted by molar-refractivity contribution is 1.43. The van der Waals surface area contributed by atoms with Crippen LogP contribution in [0.1, 0.15) is 0 Å². The monoisotopic (exact) mass is 570 g/mol. The van der Waals surface area contributed by atoms with Crippen molar-refractivity contribution in [2.24, 2.45) is 0 Å². The Morgan fingerprint density at radius 2 is 1.02 bits per heavy atom. The molecule has 0 atom stereocenters. The molecule has 6 aromatic carbocycles. The van der Waals surface area contributed by atoms with Crippen LogP contribution >= 0.6 is 22.7 Å². The lowest BCUT2D eigenvalue weighted by atomic mass is 9.95. The van der Waals surface area contributed by atoms with Gasteiger partial charge in [0.1, 0.15) is 10.3 Å². The molecule has 0 spiro atoms. The molecule has 0 unspecified atom stereocenters. The summed E-state index contributed by atoms with van der Waals surface area (Å²) in [7, 11) is 0. The maximum Gasteiger partial charge on any atom is 0.143 e. The van der Waals surface area contributed by atoms with E-state index in [2.05, 4.69) is 109 Å². The maximum absolute atomic E-state index is 4.99. The van der Waals surface area contributed by atoms with Crippen molar-refractivity contribution in [2.75, 3.05) is 0 Å².